The second-order valence-electron chi connectivity index (χ2n) is 8.19. The van der Waals surface area contributed by atoms with E-state index in [2.05, 4.69) is 14.8 Å². The van der Waals surface area contributed by atoms with Crippen LogP contribution in [0.2, 0.25) is 0 Å². The van der Waals surface area contributed by atoms with Gasteiger partial charge in [0, 0.05) is 30.9 Å². The molecular weight excluding hydrogens is 501 g/mol. The molecule has 0 bridgehead atoms. The number of anilines is 1. The zero-order valence-electron chi connectivity index (χ0n) is 18.9. The fourth-order valence-corrected chi connectivity index (χ4v) is 3.79. The molecule has 2 aromatic heterocycles. The molecular formula is C24H18F5N5O3. The first kappa shape index (κ1) is 24.4. The van der Waals surface area contributed by atoms with E-state index >= 15 is 0 Å². The van der Waals surface area contributed by atoms with E-state index in [0.29, 0.717) is 23.0 Å². The molecule has 1 aliphatic rings. The molecule has 3 heterocycles. The van der Waals surface area contributed by atoms with Crippen LogP contribution >= 0.6 is 0 Å². The minimum atomic E-state index is -4.68. The van der Waals surface area contributed by atoms with Gasteiger partial charge in [-0.15, -0.1) is 13.2 Å². The van der Waals surface area contributed by atoms with Crippen molar-refractivity contribution >= 4 is 5.82 Å². The van der Waals surface area contributed by atoms with E-state index in [4.69, 9.17) is 4.74 Å². The van der Waals surface area contributed by atoms with E-state index in [0.717, 1.165) is 21.4 Å². The Hall–Kier alpha value is -4.26. The van der Waals surface area contributed by atoms with E-state index < -0.39 is 29.8 Å². The average molecular weight is 519 g/mol. The Kier molecular flexibility index (Phi) is 6.38. The van der Waals surface area contributed by atoms with Crippen LogP contribution in [0.4, 0.5) is 27.8 Å². The molecule has 0 unspecified atom stereocenters. The van der Waals surface area contributed by atoms with Gasteiger partial charge in [0.2, 0.25) is 0 Å². The SMILES string of the molecule is O=c1n(Cc2c(F)cccc2F)cnn1-c1ccc(Oc2ccnc(N3CC(OC(F)(F)F)C3)c2)cc1. The highest BCUT2D eigenvalue weighted by molar-refractivity contribution is 5.48. The third kappa shape index (κ3) is 5.45. The number of hydrogen-bond acceptors (Lipinski definition) is 6. The molecule has 0 amide bonds. The fraction of sp³-hybridized carbons (Fsp3) is 0.208. The molecule has 8 nitrogen and oxygen atoms in total. The molecule has 37 heavy (non-hydrogen) atoms. The van der Waals surface area contributed by atoms with Crippen LogP contribution in [0.25, 0.3) is 5.69 Å². The largest absolute Gasteiger partial charge is 0.522 e. The van der Waals surface area contributed by atoms with Crippen LogP contribution in [0.3, 0.4) is 0 Å². The van der Waals surface area contributed by atoms with Gasteiger partial charge in [0.1, 0.15) is 41.4 Å². The lowest BCUT2D eigenvalue weighted by Gasteiger charge is -2.39. The van der Waals surface area contributed by atoms with Crippen molar-refractivity contribution in [2.75, 3.05) is 18.0 Å². The molecule has 0 saturated carbocycles. The minimum absolute atomic E-state index is 0.0512. The van der Waals surface area contributed by atoms with Crippen molar-refractivity contribution in [3.63, 3.8) is 0 Å². The van der Waals surface area contributed by atoms with E-state index in [1.807, 2.05) is 0 Å². The van der Waals surface area contributed by atoms with Crippen LogP contribution in [0, 0.1) is 11.6 Å². The second-order valence-corrected chi connectivity index (χ2v) is 8.19. The van der Waals surface area contributed by atoms with E-state index in [1.54, 1.807) is 41.3 Å². The fourth-order valence-electron chi connectivity index (χ4n) is 3.79. The first-order valence-electron chi connectivity index (χ1n) is 11.0. The summed E-state index contributed by atoms with van der Waals surface area (Å²) in [5, 5.41) is 4.02. The maximum Gasteiger partial charge on any atom is 0.522 e. The molecule has 5 rings (SSSR count). The molecule has 1 saturated heterocycles. The third-order valence-corrected chi connectivity index (χ3v) is 5.63. The van der Waals surface area contributed by atoms with Crippen LogP contribution in [0.15, 0.2) is 71.9 Å². The van der Waals surface area contributed by atoms with Gasteiger partial charge in [0.25, 0.3) is 0 Å². The first-order chi connectivity index (χ1) is 17.7. The van der Waals surface area contributed by atoms with Gasteiger partial charge in [-0.2, -0.15) is 9.78 Å². The number of benzene rings is 2. The molecule has 0 radical (unpaired) electrons. The van der Waals surface area contributed by atoms with Crippen LogP contribution in [0.5, 0.6) is 11.5 Å². The lowest BCUT2D eigenvalue weighted by molar-refractivity contribution is -0.344. The van der Waals surface area contributed by atoms with Crippen LogP contribution in [0.1, 0.15) is 5.56 Å². The Labute approximate surface area is 206 Å². The molecule has 1 fully saturated rings. The Morgan fingerprint density at radius 2 is 1.68 bits per heavy atom. The van der Waals surface area contributed by atoms with Gasteiger partial charge in [0.15, 0.2) is 0 Å². The number of nitrogens with zero attached hydrogens (tertiary/aromatic N) is 5. The normalized spacial score (nSPS) is 14.0. The van der Waals surface area contributed by atoms with E-state index in [1.165, 1.54) is 18.6 Å². The number of alkyl halides is 3. The van der Waals surface area contributed by atoms with Crippen molar-refractivity contribution in [1.82, 2.24) is 19.3 Å². The number of hydrogen-bond donors (Lipinski definition) is 0. The molecule has 0 atom stereocenters. The number of ether oxygens (including phenoxy) is 2. The Bertz CT molecular complexity index is 1440. The van der Waals surface area contributed by atoms with E-state index in [9.17, 15) is 26.7 Å². The molecule has 4 aromatic rings. The maximum atomic E-state index is 13.9. The topological polar surface area (TPSA) is 74.4 Å². The summed E-state index contributed by atoms with van der Waals surface area (Å²) >= 11 is 0. The Morgan fingerprint density at radius 1 is 0.973 bits per heavy atom. The van der Waals surface area contributed by atoms with Gasteiger partial charge < -0.3 is 9.64 Å². The number of rotatable bonds is 7. The van der Waals surface area contributed by atoms with Gasteiger partial charge in [-0.3, -0.25) is 9.30 Å². The molecule has 2 aromatic carbocycles. The first-order valence-corrected chi connectivity index (χ1v) is 11.0. The summed E-state index contributed by atoms with van der Waals surface area (Å²) in [5.41, 5.74) is -0.430. The highest BCUT2D eigenvalue weighted by Gasteiger charge is 2.39. The van der Waals surface area contributed by atoms with Gasteiger partial charge in [-0.05, 0) is 42.5 Å². The highest BCUT2D eigenvalue weighted by atomic mass is 19.4. The predicted molar refractivity (Wildman–Crippen MR) is 121 cm³/mol. The number of aromatic nitrogens is 4. The van der Waals surface area contributed by atoms with Crippen molar-refractivity contribution in [1.29, 1.82) is 0 Å². The maximum absolute atomic E-state index is 13.9. The summed E-state index contributed by atoms with van der Waals surface area (Å²) in [7, 11) is 0. The second kappa shape index (κ2) is 9.65. The Morgan fingerprint density at radius 3 is 2.35 bits per heavy atom. The predicted octanol–water partition coefficient (Wildman–Crippen LogP) is 4.27. The van der Waals surface area contributed by atoms with Crippen molar-refractivity contribution in [3.05, 3.63) is 94.8 Å². The zero-order valence-corrected chi connectivity index (χ0v) is 18.9. The van der Waals surface area contributed by atoms with Gasteiger partial charge in [-0.1, -0.05) is 6.07 Å². The van der Waals surface area contributed by atoms with E-state index in [-0.39, 0.29) is 25.2 Å². The van der Waals surface area contributed by atoms with Gasteiger partial charge in [-0.25, -0.2) is 18.6 Å². The number of pyridine rings is 1. The zero-order chi connectivity index (χ0) is 26.2. The summed E-state index contributed by atoms with van der Waals surface area (Å²) < 4.78 is 76.8. The summed E-state index contributed by atoms with van der Waals surface area (Å²) in [4.78, 5) is 18.5. The minimum Gasteiger partial charge on any atom is -0.457 e. The summed E-state index contributed by atoms with van der Waals surface area (Å²) in [5.74, 6) is -0.248. The van der Waals surface area contributed by atoms with Crippen molar-refractivity contribution in [2.45, 2.75) is 19.0 Å². The monoisotopic (exact) mass is 519 g/mol. The third-order valence-electron chi connectivity index (χ3n) is 5.63. The molecule has 1 aliphatic heterocycles. The van der Waals surface area contributed by atoms with Crippen LogP contribution in [-0.2, 0) is 11.3 Å². The average Bonchev–Trinajstić information content (AvgIpc) is 3.18. The van der Waals surface area contributed by atoms with Gasteiger partial charge >= 0.3 is 12.1 Å². The Balaban J connectivity index is 1.25. The van der Waals surface area contributed by atoms with Gasteiger partial charge in [0.05, 0.1) is 12.2 Å². The van der Waals surface area contributed by atoms with Crippen molar-refractivity contribution in [2.24, 2.45) is 0 Å². The summed E-state index contributed by atoms with van der Waals surface area (Å²) in [6, 6.07) is 13.0. The number of halogens is 5. The van der Waals surface area contributed by atoms with Crippen LogP contribution in [-0.4, -0.2) is 44.9 Å². The smallest absolute Gasteiger partial charge is 0.457 e. The quantitative estimate of drug-likeness (QED) is 0.340. The lowest BCUT2D eigenvalue weighted by atomic mass is 10.1. The lowest BCUT2D eigenvalue weighted by Crippen LogP contribution is -2.54. The van der Waals surface area contributed by atoms with Crippen molar-refractivity contribution in [3.8, 4) is 17.2 Å². The summed E-state index contributed by atoms with van der Waals surface area (Å²) in [6.07, 6.45) is -2.96. The summed E-state index contributed by atoms with van der Waals surface area (Å²) in [6.45, 7) is -0.214. The molecule has 13 heteroatoms. The standard InChI is InChI=1S/C24H18F5N5O3/c25-20-2-1-3-21(26)19(20)13-33-14-31-34(23(33)35)15-4-6-16(7-5-15)36-17-8-9-30-22(10-17)32-11-18(12-32)37-24(27,28)29/h1-10,14,18H,11-13H2. The molecule has 192 valence electrons. The molecule has 0 N–H and O–H groups in total. The van der Waals surface area contributed by atoms with Crippen LogP contribution < -0.4 is 15.3 Å². The van der Waals surface area contributed by atoms with Crippen molar-refractivity contribution < 1.29 is 31.4 Å². The highest BCUT2D eigenvalue weighted by Crippen LogP contribution is 2.30. The molecule has 0 aliphatic carbocycles. The molecule has 0 spiro atoms.